The highest BCUT2D eigenvalue weighted by molar-refractivity contribution is 5.77. The third-order valence-corrected chi connectivity index (χ3v) is 3.79. The van der Waals surface area contributed by atoms with E-state index in [1.807, 2.05) is 0 Å². The molecule has 1 aliphatic heterocycles. The molecule has 2 atom stereocenters. The van der Waals surface area contributed by atoms with Crippen LogP contribution in [0, 0.1) is 5.92 Å². The predicted molar refractivity (Wildman–Crippen MR) is 73.2 cm³/mol. The van der Waals surface area contributed by atoms with Crippen molar-refractivity contribution >= 4 is 5.91 Å². The SMILES string of the molecule is CC(C)c1ccc(C2NCCCC2C(N)=O)cc1. The number of amides is 1. The molecule has 1 aliphatic rings. The van der Waals surface area contributed by atoms with Gasteiger partial charge in [0.25, 0.3) is 0 Å². The number of nitrogens with two attached hydrogens (primary N) is 1. The number of nitrogens with one attached hydrogen (secondary N) is 1. The van der Waals surface area contributed by atoms with Gasteiger partial charge in [-0.3, -0.25) is 4.79 Å². The molecule has 18 heavy (non-hydrogen) atoms. The summed E-state index contributed by atoms with van der Waals surface area (Å²) in [6.07, 6.45) is 1.91. The van der Waals surface area contributed by atoms with E-state index in [4.69, 9.17) is 5.73 Å². The summed E-state index contributed by atoms with van der Waals surface area (Å²) in [5, 5.41) is 3.41. The minimum Gasteiger partial charge on any atom is -0.369 e. The summed E-state index contributed by atoms with van der Waals surface area (Å²) < 4.78 is 0. The standard InChI is InChI=1S/C15H22N2O/c1-10(2)11-5-7-12(8-6-11)14-13(15(16)18)4-3-9-17-14/h5-8,10,13-14,17H,3-4,9H2,1-2H3,(H2,16,18). The second kappa shape index (κ2) is 5.53. The number of hydrogen-bond acceptors (Lipinski definition) is 2. The number of primary amides is 1. The monoisotopic (exact) mass is 246 g/mol. The fourth-order valence-corrected chi connectivity index (χ4v) is 2.63. The Balaban J connectivity index is 2.20. The maximum Gasteiger partial charge on any atom is 0.222 e. The van der Waals surface area contributed by atoms with Gasteiger partial charge in [0, 0.05) is 6.04 Å². The summed E-state index contributed by atoms with van der Waals surface area (Å²) in [5.74, 6) is 0.258. The van der Waals surface area contributed by atoms with Gasteiger partial charge >= 0.3 is 0 Å². The van der Waals surface area contributed by atoms with Gasteiger partial charge < -0.3 is 11.1 Å². The summed E-state index contributed by atoms with van der Waals surface area (Å²) >= 11 is 0. The van der Waals surface area contributed by atoms with Crippen LogP contribution in [-0.4, -0.2) is 12.5 Å². The maximum atomic E-state index is 11.5. The summed E-state index contributed by atoms with van der Waals surface area (Å²) in [6.45, 7) is 5.32. The molecular weight excluding hydrogens is 224 g/mol. The molecule has 3 heteroatoms. The van der Waals surface area contributed by atoms with Crippen LogP contribution < -0.4 is 11.1 Å². The van der Waals surface area contributed by atoms with Gasteiger partial charge in [0.15, 0.2) is 0 Å². The molecule has 3 N–H and O–H groups in total. The molecule has 1 heterocycles. The van der Waals surface area contributed by atoms with Gasteiger partial charge in [0.1, 0.15) is 0 Å². The Morgan fingerprint density at radius 1 is 1.33 bits per heavy atom. The van der Waals surface area contributed by atoms with Gasteiger partial charge in [0.2, 0.25) is 5.91 Å². The highest BCUT2D eigenvalue weighted by atomic mass is 16.1. The lowest BCUT2D eigenvalue weighted by molar-refractivity contribution is -0.123. The maximum absolute atomic E-state index is 11.5. The third kappa shape index (κ3) is 2.72. The average Bonchev–Trinajstić information content (AvgIpc) is 2.39. The van der Waals surface area contributed by atoms with Crippen LogP contribution in [0.15, 0.2) is 24.3 Å². The number of rotatable bonds is 3. The molecule has 1 aromatic carbocycles. The van der Waals surface area contributed by atoms with Crippen LogP contribution in [0.1, 0.15) is 49.8 Å². The van der Waals surface area contributed by atoms with Crippen molar-refractivity contribution in [2.45, 2.75) is 38.6 Å². The van der Waals surface area contributed by atoms with Gasteiger partial charge in [-0.25, -0.2) is 0 Å². The zero-order valence-corrected chi connectivity index (χ0v) is 11.1. The molecule has 0 radical (unpaired) electrons. The van der Waals surface area contributed by atoms with Crippen molar-refractivity contribution in [2.75, 3.05) is 6.54 Å². The van der Waals surface area contributed by atoms with Crippen LogP contribution in [-0.2, 0) is 4.79 Å². The molecule has 1 amide bonds. The minimum atomic E-state index is -0.194. The zero-order valence-electron chi connectivity index (χ0n) is 11.1. The van der Waals surface area contributed by atoms with Crippen molar-refractivity contribution < 1.29 is 4.79 Å². The van der Waals surface area contributed by atoms with Crippen molar-refractivity contribution in [2.24, 2.45) is 11.7 Å². The second-order valence-corrected chi connectivity index (χ2v) is 5.40. The smallest absolute Gasteiger partial charge is 0.222 e. The number of hydrogen-bond donors (Lipinski definition) is 2. The van der Waals surface area contributed by atoms with Gasteiger partial charge in [-0.15, -0.1) is 0 Å². The van der Waals surface area contributed by atoms with Crippen LogP contribution in [0.3, 0.4) is 0 Å². The molecule has 98 valence electrons. The van der Waals surface area contributed by atoms with Crippen LogP contribution in [0.25, 0.3) is 0 Å². The molecule has 0 aromatic heterocycles. The highest BCUT2D eigenvalue weighted by Gasteiger charge is 2.30. The van der Waals surface area contributed by atoms with Crippen molar-refractivity contribution in [3.63, 3.8) is 0 Å². The van der Waals surface area contributed by atoms with Crippen molar-refractivity contribution in [3.05, 3.63) is 35.4 Å². The average molecular weight is 246 g/mol. The van der Waals surface area contributed by atoms with Gasteiger partial charge in [0.05, 0.1) is 5.92 Å². The Morgan fingerprint density at radius 3 is 2.56 bits per heavy atom. The van der Waals surface area contributed by atoms with E-state index in [0.717, 1.165) is 19.4 Å². The Bertz CT molecular complexity index is 411. The Kier molecular flexibility index (Phi) is 4.02. The van der Waals surface area contributed by atoms with Crippen molar-refractivity contribution in [1.29, 1.82) is 0 Å². The van der Waals surface area contributed by atoms with E-state index in [2.05, 4.69) is 43.4 Å². The van der Waals surface area contributed by atoms with E-state index < -0.39 is 0 Å². The van der Waals surface area contributed by atoms with E-state index in [-0.39, 0.29) is 17.9 Å². The molecule has 0 bridgehead atoms. The summed E-state index contributed by atoms with van der Waals surface area (Å²) in [4.78, 5) is 11.5. The normalized spacial score (nSPS) is 24.2. The highest BCUT2D eigenvalue weighted by Crippen LogP contribution is 2.29. The predicted octanol–water partition coefficient (Wildman–Crippen LogP) is 2.34. The Morgan fingerprint density at radius 2 is 2.00 bits per heavy atom. The van der Waals surface area contributed by atoms with E-state index >= 15 is 0 Å². The topological polar surface area (TPSA) is 55.1 Å². The molecular formula is C15H22N2O. The fraction of sp³-hybridized carbons (Fsp3) is 0.533. The van der Waals surface area contributed by atoms with Gasteiger partial charge in [-0.05, 0) is 36.4 Å². The minimum absolute atomic E-state index is 0.0800. The van der Waals surface area contributed by atoms with E-state index in [0.29, 0.717) is 5.92 Å². The first-order chi connectivity index (χ1) is 8.59. The molecule has 1 aromatic rings. The van der Waals surface area contributed by atoms with E-state index in [1.165, 1.54) is 11.1 Å². The quantitative estimate of drug-likeness (QED) is 0.860. The van der Waals surface area contributed by atoms with Gasteiger partial charge in [-0.2, -0.15) is 0 Å². The summed E-state index contributed by atoms with van der Waals surface area (Å²) in [5.41, 5.74) is 7.99. The molecule has 1 saturated heterocycles. The third-order valence-electron chi connectivity index (χ3n) is 3.79. The second-order valence-electron chi connectivity index (χ2n) is 5.40. The molecule has 1 fully saturated rings. The number of carbonyl (C=O) groups is 1. The van der Waals surface area contributed by atoms with E-state index in [1.54, 1.807) is 0 Å². The first kappa shape index (κ1) is 13.1. The van der Waals surface area contributed by atoms with Crippen molar-refractivity contribution in [3.8, 4) is 0 Å². The Labute approximate surface area is 109 Å². The van der Waals surface area contributed by atoms with Crippen LogP contribution >= 0.6 is 0 Å². The molecule has 0 spiro atoms. The number of benzene rings is 1. The largest absolute Gasteiger partial charge is 0.369 e. The van der Waals surface area contributed by atoms with E-state index in [9.17, 15) is 4.79 Å². The fourth-order valence-electron chi connectivity index (χ4n) is 2.63. The molecule has 2 unspecified atom stereocenters. The first-order valence-corrected chi connectivity index (χ1v) is 6.72. The zero-order chi connectivity index (χ0) is 13.1. The lowest BCUT2D eigenvalue weighted by atomic mass is 9.85. The Hall–Kier alpha value is -1.35. The van der Waals surface area contributed by atoms with Crippen LogP contribution in [0.5, 0.6) is 0 Å². The summed E-state index contributed by atoms with van der Waals surface area (Å²) in [7, 11) is 0. The first-order valence-electron chi connectivity index (χ1n) is 6.72. The van der Waals surface area contributed by atoms with Crippen LogP contribution in [0.4, 0.5) is 0 Å². The lowest BCUT2D eigenvalue weighted by Crippen LogP contribution is -2.40. The number of carbonyl (C=O) groups excluding carboxylic acids is 1. The lowest BCUT2D eigenvalue weighted by Gasteiger charge is -2.31. The summed E-state index contributed by atoms with van der Waals surface area (Å²) in [6, 6.07) is 8.61. The van der Waals surface area contributed by atoms with Crippen LogP contribution in [0.2, 0.25) is 0 Å². The molecule has 0 aliphatic carbocycles. The van der Waals surface area contributed by atoms with Crippen molar-refractivity contribution in [1.82, 2.24) is 5.32 Å². The molecule has 0 saturated carbocycles. The van der Waals surface area contributed by atoms with Gasteiger partial charge in [-0.1, -0.05) is 38.1 Å². The molecule has 2 rings (SSSR count). The number of piperidine rings is 1. The molecule has 3 nitrogen and oxygen atoms in total.